The number of carbonyl (C=O) groups is 1. The highest BCUT2D eigenvalue weighted by Gasteiger charge is 2.27. The van der Waals surface area contributed by atoms with Crippen molar-refractivity contribution in [3.8, 4) is 17.4 Å². The molecule has 1 amide bonds. The van der Waals surface area contributed by atoms with Crippen molar-refractivity contribution in [1.29, 1.82) is 0 Å². The first-order chi connectivity index (χ1) is 12.5. The summed E-state index contributed by atoms with van der Waals surface area (Å²) in [6.45, 7) is 2.94. The third-order valence-corrected chi connectivity index (χ3v) is 4.38. The SMILES string of the molecule is COc1cccc(Oc2cc(C)nc([C@@H]3CCCCN3CC(N)=O)n2)c1. The van der Waals surface area contributed by atoms with Crippen LogP contribution in [0.2, 0.25) is 0 Å². The van der Waals surface area contributed by atoms with Crippen LogP contribution >= 0.6 is 0 Å². The van der Waals surface area contributed by atoms with Crippen LogP contribution in [0.15, 0.2) is 30.3 Å². The summed E-state index contributed by atoms with van der Waals surface area (Å²) in [5.74, 6) is 2.17. The molecule has 1 aliphatic heterocycles. The molecular formula is C19H24N4O3. The van der Waals surface area contributed by atoms with E-state index in [4.69, 9.17) is 15.2 Å². The fraction of sp³-hybridized carbons (Fsp3) is 0.421. The van der Waals surface area contributed by atoms with E-state index in [-0.39, 0.29) is 18.5 Å². The van der Waals surface area contributed by atoms with Crippen LogP contribution in [0.1, 0.15) is 36.8 Å². The van der Waals surface area contributed by atoms with Crippen LogP contribution in [0.5, 0.6) is 17.4 Å². The molecule has 3 rings (SSSR count). The number of nitrogens with zero attached hydrogens (tertiary/aromatic N) is 3. The van der Waals surface area contributed by atoms with Crippen LogP contribution < -0.4 is 15.2 Å². The molecule has 1 saturated heterocycles. The largest absolute Gasteiger partial charge is 0.497 e. The van der Waals surface area contributed by atoms with Crippen LogP contribution in [0.4, 0.5) is 0 Å². The first kappa shape index (κ1) is 18.1. The van der Waals surface area contributed by atoms with Crippen LogP contribution in [-0.2, 0) is 4.79 Å². The molecule has 1 atom stereocenters. The van der Waals surface area contributed by atoms with E-state index in [9.17, 15) is 4.79 Å². The Hall–Kier alpha value is -2.67. The van der Waals surface area contributed by atoms with E-state index in [0.717, 1.165) is 31.5 Å². The van der Waals surface area contributed by atoms with Crippen LogP contribution in [0.3, 0.4) is 0 Å². The molecule has 0 spiro atoms. The lowest BCUT2D eigenvalue weighted by Crippen LogP contribution is -2.40. The molecule has 7 nitrogen and oxygen atoms in total. The molecule has 2 aromatic rings. The summed E-state index contributed by atoms with van der Waals surface area (Å²) in [5.41, 5.74) is 6.21. The van der Waals surface area contributed by atoms with Crippen molar-refractivity contribution in [2.24, 2.45) is 5.73 Å². The number of ether oxygens (including phenoxy) is 2. The van der Waals surface area contributed by atoms with Crippen molar-refractivity contribution < 1.29 is 14.3 Å². The van der Waals surface area contributed by atoms with Gasteiger partial charge in [-0.15, -0.1) is 0 Å². The molecule has 1 aromatic heterocycles. The quantitative estimate of drug-likeness (QED) is 0.855. The summed E-state index contributed by atoms with van der Waals surface area (Å²) in [6.07, 6.45) is 3.02. The van der Waals surface area contributed by atoms with Gasteiger partial charge in [-0.25, -0.2) is 4.98 Å². The standard InChI is InChI=1S/C19H24N4O3/c1-13-10-18(26-15-7-5-6-14(11-15)25-2)22-19(21-13)16-8-3-4-9-23(16)12-17(20)24/h5-7,10-11,16H,3-4,8-9,12H2,1-2H3,(H2,20,24)/t16-/m0/s1. The van der Waals surface area contributed by atoms with Crippen molar-refractivity contribution in [2.75, 3.05) is 20.2 Å². The Morgan fingerprint density at radius 3 is 2.85 bits per heavy atom. The van der Waals surface area contributed by atoms with E-state index in [1.54, 1.807) is 19.2 Å². The van der Waals surface area contributed by atoms with Crippen molar-refractivity contribution in [2.45, 2.75) is 32.2 Å². The van der Waals surface area contributed by atoms with Gasteiger partial charge in [-0.1, -0.05) is 12.5 Å². The van der Waals surface area contributed by atoms with E-state index < -0.39 is 0 Å². The third-order valence-electron chi connectivity index (χ3n) is 4.38. The zero-order chi connectivity index (χ0) is 18.5. The van der Waals surface area contributed by atoms with Gasteiger partial charge in [0.05, 0.1) is 19.7 Å². The van der Waals surface area contributed by atoms with Crippen LogP contribution in [-0.4, -0.2) is 41.0 Å². The van der Waals surface area contributed by atoms with Gasteiger partial charge in [0.1, 0.15) is 17.3 Å². The predicted molar refractivity (Wildman–Crippen MR) is 97.2 cm³/mol. The van der Waals surface area contributed by atoms with E-state index in [0.29, 0.717) is 23.2 Å². The molecule has 0 unspecified atom stereocenters. The highest BCUT2D eigenvalue weighted by Crippen LogP contribution is 2.31. The topological polar surface area (TPSA) is 90.6 Å². The molecule has 0 aliphatic carbocycles. The predicted octanol–water partition coefficient (Wildman–Crippen LogP) is 2.60. The summed E-state index contributed by atoms with van der Waals surface area (Å²) < 4.78 is 11.1. The zero-order valence-corrected chi connectivity index (χ0v) is 15.1. The summed E-state index contributed by atoms with van der Waals surface area (Å²) >= 11 is 0. The smallest absolute Gasteiger partial charge is 0.231 e. The van der Waals surface area contributed by atoms with Crippen LogP contribution in [0, 0.1) is 6.92 Å². The molecule has 138 valence electrons. The molecule has 1 aliphatic rings. The lowest BCUT2D eigenvalue weighted by atomic mass is 10.0. The lowest BCUT2D eigenvalue weighted by Gasteiger charge is -2.33. The number of carbonyl (C=O) groups excluding carboxylic acids is 1. The minimum Gasteiger partial charge on any atom is -0.497 e. The van der Waals surface area contributed by atoms with Gasteiger partial charge in [0, 0.05) is 17.8 Å². The number of aryl methyl sites for hydroxylation is 1. The normalized spacial score (nSPS) is 17.7. The number of methoxy groups -OCH3 is 1. The molecule has 7 heteroatoms. The summed E-state index contributed by atoms with van der Waals surface area (Å²) in [5, 5.41) is 0. The van der Waals surface area contributed by atoms with Gasteiger partial charge in [0.2, 0.25) is 11.8 Å². The first-order valence-corrected chi connectivity index (χ1v) is 8.75. The number of primary amides is 1. The van der Waals surface area contributed by atoms with Crippen molar-refractivity contribution in [1.82, 2.24) is 14.9 Å². The summed E-state index contributed by atoms with van der Waals surface area (Å²) in [6, 6.07) is 9.14. The van der Waals surface area contributed by atoms with Crippen molar-refractivity contribution in [3.05, 3.63) is 41.9 Å². The molecular weight excluding hydrogens is 332 g/mol. The maximum Gasteiger partial charge on any atom is 0.231 e. The maximum absolute atomic E-state index is 11.4. The Bertz CT molecular complexity index is 781. The highest BCUT2D eigenvalue weighted by molar-refractivity contribution is 5.76. The number of likely N-dealkylation sites (tertiary alicyclic amines) is 1. The molecule has 0 bridgehead atoms. The second-order valence-electron chi connectivity index (χ2n) is 6.44. The van der Waals surface area contributed by atoms with Crippen molar-refractivity contribution in [3.63, 3.8) is 0 Å². The molecule has 2 heterocycles. The number of aromatic nitrogens is 2. The van der Waals surface area contributed by atoms with Gasteiger partial charge in [0.25, 0.3) is 0 Å². The second-order valence-corrected chi connectivity index (χ2v) is 6.44. The Morgan fingerprint density at radius 2 is 2.08 bits per heavy atom. The Morgan fingerprint density at radius 1 is 1.27 bits per heavy atom. The molecule has 1 aromatic carbocycles. The Kier molecular flexibility index (Phi) is 5.68. The minimum absolute atomic E-state index is 0.0243. The average Bonchev–Trinajstić information content (AvgIpc) is 2.61. The third kappa shape index (κ3) is 4.49. The van der Waals surface area contributed by atoms with Gasteiger partial charge < -0.3 is 15.2 Å². The Labute approximate surface area is 153 Å². The van der Waals surface area contributed by atoms with Crippen LogP contribution in [0.25, 0.3) is 0 Å². The van der Waals surface area contributed by atoms with Gasteiger partial charge in [-0.3, -0.25) is 9.69 Å². The van der Waals surface area contributed by atoms with Gasteiger partial charge in [-0.2, -0.15) is 4.98 Å². The lowest BCUT2D eigenvalue weighted by molar-refractivity contribution is -0.120. The molecule has 26 heavy (non-hydrogen) atoms. The van der Waals surface area contributed by atoms with Gasteiger partial charge in [-0.05, 0) is 38.4 Å². The fourth-order valence-electron chi connectivity index (χ4n) is 3.22. The molecule has 0 radical (unpaired) electrons. The number of nitrogens with two attached hydrogens (primary N) is 1. The van der Waals surface area contributed by atoms with Gasteiger partial charge in [0.15, 0.2) is 0 Å². The number of hydrogen-bond acceptors (Lipinski definition) is 6. The minimum atomic E-state index is -0.336. The maximum atomic E-state index is 11.4. The summed E-state index contributed by atoms with van der Waals surface area (Å²) in [4.78, 5) is 22.6. The summed E-state index contributed by atoms with van der Waals surface area (Å²) in [7, 11) is 1.61. The zero-order valence-electron chi connectivity index (χ0n) is 15.1. The van der Waals surface area contributed by atoms with E-state index in [2.05, 4.69) is 14.9 Å². The first-order valence-electron chi connectivity index (χ1n) is 8.75. The number of hydrogen-bond donors (Lipinski definition) is 1. The van der Waals surface area contributed by atoms with E-state index in [1.165, 1.54) is 0 Å². The molecule has 1 fully saturated rings. The number of amides is 1. The van der Waals surface area contributed by atoms with E-state index >= 15 is 0 Å². The molecule has 2 N–H and O–H groups in total. The van der Waals surface area contributed by atoms with Gasteiger partial charge >= 0.3 is 0 Å². The second kappa shape index (κ2) is 8.14. The van der Waals surface area contributed by atoms with Crippen molar-refractivity contribution >= 4 is 5.91 Å². The fourth-order valence-corrected chi connectivity index (χ4v) is 3.22. The Balaban J connectivity index is 1.85. The van der Waals surface area contributed by atoms with E-state index in [1.807, 2.05) is 25.1 Å². The highest BCUT2D eigenvalue weighted by atomic mass is 16.5. The monoisotopic (exact) mass is 356 g/mol. The number of piperidine rings is 1. The number of benzene rings is 1. The average molecular weight is 356 g/mol. The number of rotatable bonds is 6. The molecule has 0 saturated carbocycles.